The molecule has 0 aliphatic carbocycles. The van der Waals surface area contributed by atoms with E-state index in [0.717, 1.165) is 10.6 Å². The Morgan fingerprint density at radius 2 is 1.81 bits per heavy atom. The molecule has 1 atom stereocenters. The second-order valence-corrected chi connectivity index (χ2v) is 7.95. The van der Waals surface area contributed by atoms with Gasteiger partial charge in [0.1, 0.15) is 0 Å². The number of hydrogen-bond acceptors (Lipinski definition) is 5. The first-order chi connectivity index (χ1) is 12.8. The topological polar surface area (TPSA) is 84.9 Å². The summed E-state index contributed by atoms with van der Waals surface area (Å²) in [5.74, 6) is 0.690. The van der Waals surface area contributed by atoms with Crippen LogP contribution in [-0.2, 0) is 14.8 Å². The highest BCUT2D eigenvalue weighted by atomic mass is 32.2. The molecule has 2 aromatic carbocycles. The molecule has 0 aromatic heterocycles. The number of amides is 1. The fourth-order valence-electron chi connectivity index (χ4n) is 2.39. The summed E-state index contributed by atoms with van der Waals surface area (Å²) < 4.78 is 35.6. The number of ether oxygens (including phenoxy) is 2. The van der Waals surface area contributed by atoms with Gasteiger partial charge in [-0.3, -0.25) is 9.10 Å². The molecule has 0 spiro atoms. The minimum Gasteiger partial charge on any atom is -0.493 e. The Morgan fingerprint density at radius 1 is 1.15 bits per heavy atom. The summed E-state index contributed by atoms with van der Waals surface area (Å²) in [5.41, 5.74) is 0.934. The summed E-state index contributed by atoms with van der Waals surface area (Å²) in [6.45, 7) is 1.84. The number of nitrogens with zero attached hydrogens (tertiary/aromatic N) is 1. The monoisotopic (exact) mass is 392 g/mol. The van der Waals surface area contributed by atoms with Crippen LogP contribution in [0.4, 0.5) is 11.4 Å². The highest BCUT2D eigenvalue weighted by Gasteiger charge is 2.21. The Kier molecular flexibility index (Phi) is 6.68. The first-order valence-electron chi connectivity index (χ1n) is 8.40. The van der Waals surface area contributed by atoms with Gasteiger partial charge in [-0.05, 0) is 36.8 Å². The van der Waals surface area contributed by atoms with Gasteiger partial charge < -0.3 is 14.8 Å². The lowest BCUT2D eigenvalue weighted by atomic mass is 10.2. The van der Waals surface area contributed by atoms with Crippen LogP contribution in [0, 0.1) is 0 Å². The van der Waals surface area contributed by atoms with E-state index in [2.05, 4.69) is 5.32 Å². The van der Waals surface area contributed by atoms with Crippen LogP contribution in [0.5, 0.6) is 11.5 Å². The first-order valence-corrected chi connectivity index (χ1v) is 10.3. The summed E-state index contributed by atoms with van der Waals surface area (Å²) in [6.07, 6.45) is 0.844. The number of rotatable bonds is 8. The highest BCUT2D eigenvalue weighted by molar-refractivity contribution is 7.92. The van der Waals surface area contributed by atoms with Crippen LogP contribution < -0.4 is 19.1 Å². The minimum atomic E-state index is -3.39. The van der Waals surface area contributed by atoms with Gasteiger partial charge in [0.25, 0.3) is 5.91 Å². The van der Waals surface area contributed by atoms with E-state index in [-0.39, 0.29) is 5.91 Å². The largest absolute Gasteiger partial charge is 0.493 e. The fraction of sp³-hybridized carbons (Fsp3) is 0.316. The number of benzene rings is 2. The van der Waals surface area contributed by atoms with Crippen molar-refractivity contribution in [3.05, 3.63) is 48.5 Å². The predicted molar refractivity (Wildman–Crippen MR) is 106 cm³/mol. The summed E-state index contributed by atoms with van der Waals surface area (Å²) in [6, 6.07) is 13.7. The molecule has 1 N–H and O–H groups in total. The minimum absolute atomic E-state index is 0.331. The zero-order valence-electron chi connectivity index (χ0n) is 15.8. The van der Waals surface area contributed by atoms with E-state index >= 15 is 0 Å². The quantitative estimate of drug-likeness (QED) is 0.747. The maximum atomic E-state index is 12.6. The second-order valence-electron chi connectivity index (χ2n) is 5.94. The molecular weight excluding hydrogens is 368 g/mol. The lowest BCUT2D eigenvalue weighted by Crippen LogP contribution is -2.32. The van der Waals surface area contributed by atoms with Crippen molar-refractivity contribution in [2.45, 2.75) is 19.4 Å². The van der Waals surface area contributed by atoms with Crippen molar-refractivity contribution in [2.24, 2.45) is 0 Å². The summed E-state index contributed by atoms with van der Waals surface area (Å²) in [7, 11) is -0.399. The van der Waals surface area contributed by atoms with Gasteiger partial charge >= 0.3 is 0 Å². The molecule has 0 saturated heterocycles. The molecular formula is C19H24N2O5S. The van der Waals surface area contributed by atoms with E-state index in [9.17, 15) is 13.2 Å². The van der Waals surface area contributed by atoms with Gasteiger partial charge in [0, 0.05) is 12.7 Å². The van der Waals surface area contributed by atoms with Crippen LogP contribution in [0.3, 0.4) is 0 Å². The summed E-state index contributed by atoms with van der Waals surface area (Å²) in [4.78, 5) is 12.6. The standard InChI is InChI=1S/C19H24N2O5S/c1-5-16(26-18-12-7-6-11-17(18)25-3)19(22)20-14-9-8-10-15(13-14)21(2)27(4,23)24/h6-13,16H,5H2,1-4H3,(H,20,22)/t16-/m0/s1. The van der Waals surface area contributed by atoms with Gasteiger partial charge in [-0.15, -0.1) is 0 Å². The number of sulfonamides is 1. The van der Waals surface area contributed by atoms with Gasteiger partial charge in [0.15, 0.2) is 17.6 Å². The molecule has 0 unspecified atom stereocenters. The van der Waals surface area contributed by atoms with E-state index in [4.69, 9.17) is 9.47 Å². The molecule has 2 aromatic rings. The lowest BCUT2D eigenvalue weighted by molar-refractivity contribution is -0.122. The van der Waals surface area contributed by atoms with Crippen LogP contribution in [-0.4, -0.2) is 40.8 Å². The second kappa shape index (κ2) is 8.77. The zero-order chi connectivity index (χ0) is 20.0. The number of para-hydroxylation sites is 2. The summed E-state index contributed by atoms with van der Waals surface area (Å²) in [5, 5.41) is 2.77. The molecule has 146 valence electrons. The predicted octanol–water partition coefficient (Wildman–Crippen LogP) is 2.89. The highest BCUT2D eigenvalue weighted by Crippen LogP contribution is 2.28. The number of nitrogens with one attached hydrogen (secondary N) is 1. The molecule has 2 rings (SSSR count). The van der Waals surface area contributed by atoms with Gasteiger partial charge in [-0.2, -0.15) is 0 Å². The Hall–Kier alpha value is -2.74. The molecule has 7 nitrogen and oxygen atoms in total. The van der Waals surface area contributed by atoms with Crippen molar-refractivity contribution < 1.29 is 22.7 Å². The first kappa shape index (κ1) is 20.6. The molecule has 0 aliphatic heterocycles. The van der Waals surface area contributed by atoms with E-state index in [1.165, 1.54) is 14.2 Å². The molecule has 0 bridgehead atoms. The third-order valence-electron chi connectivity index (χ3n) is 3.98. The molecule has 0 saturated carbocycles. The van der Waals surface area contributed by atoms with Crippen LogP contribution in [0.1, 0.15) is 13.3 Å². The number of methoxy groups -OCH3 is 1. The van der Waals surface area contributed by atoms with E-state index in [0.29, 0.717) is 29.3 Å². The van der Waals surface area contributed by atoms with Gasteiger partial charge in [0.05, 0.1) is 19.1 Å². The number of anilines is 2. The molecule has 0 aliphatic rings. The molecule has 27 heavy (non-hydrogen) atoms. The average Bonchev–Trinajstić information content (AvgIpc) is 2.65. The molecule has 0 radical (unpaired) electrons. The van der Waals surface area contributed by atoms with Crippen molar-refractivity contribution in [3.8, 4) is 11.5 Å². The van der Waals surface area contributed by atoms with Crippen LogP contribution in [0.25, 0.3) is 0 Å². The van der Waals surface area contributed by atoms with Crippen molar-refractivity contribution in [2.75, 3.05) is 30.0 Å². The maximum Gasteiger partial charge on any atom is 0.265 e. The van der Waals surface area contributed by atoms with Crippen molar-refractivity contribution in [3.63, 3.8) is 0 Å². The lowest BCUT2D eigenvalue weighted by Gasteiger charge is -2.20. The number of carbonyl (C=O) groups excluding carboxylic acids is 1. The van der Waals surface area contributed by atoms with Crippen molar-refractivity contribution in [1.82, 2.24) is 0 Å². The zero-order valence-corrected chi connectivity index (χ0v) is 16.6. The smallest absolute Gasteiger partial charge is 0.265 e. The fourth-order valence-corrected chi connectivity index (χ4v) is 2.88. The molecule has 1 amide bonds. The van der Waals surface area contributed by atoms with Crippen LogP contribution >= 0.6 is 0 Å². The van der Waals surface area contributed by atoms with E-state index in [1.807, 2.05) is 13.0 Å². The van der Waals surface area contributed by atoms with Crippen molar-refractivity contribution in [1.29, 1.82) is 0 Å². The Labute approximate surface area is 160 Å². The van der Waals surface area contributed by atoms with Gasteiger partial charge in [-0.1, -0.05) is 25.1 Å². The van der Waals surface area contributed by atoms with Gasteiger partial charge in [-0.25, -0.2) is 8.42 Å². The van der Waals surface area contributed by atoms with Gasteiger partial charge in [0.2, 0.25) is 10.0 Å². The summed E-state index contributed by atoms with van der Waals surface area (Å²) >= 11 is 0. The third-order valence-corrected chi connectivity index (χ3v) is 5.18. The maximum absolute atomic E-state index is 12.6. The SMILES string of the molecule is CC[C@H](Oc1ccccc1OC)C(=O)Nc1cccc(N(C)S(C)(=O)=O)c1. The average molecular weight is 392 g/mol. The molecule has 0 heterocycles. The molecule has 8 heteroatoms. The van der Waals surface area contributed by atoms with Crippen LogP contribution in [0.15, 0.2) is 48.5 Å². The number of carbonyl (C=O) groups is 1. The Bertz CT molecular complexity index is 898. The van der Waals surface area contributed by atoms with E-state index in [1.54, 1.807) is 42.5 Å². The third kappa shape index (κ3) is 5.37. The number of hydrogen-bond donors (Lipinski definition) is 1. The van der Waals surface area contributed by atoms with Crippen LogP contribution in [0.2, 0.25) is 0 Å². The van der Waals surface area contributed by atoms with E-state index < -0.39 is 16.1 Å². The Morgan fingerprint density at radius 3 is 2.41 bits per heavy atom. The Balaban J connectivity index is 2.15. The van der Waals surface area contributed by atoms with Crippen molar-refractivity contribution >= 4 is 27.3 Å². The molecule has 0 fully saturated rings. The normalized spacial score (nSPS) is 12.1.